The van der Waals surface area contributed by atoms with Crippen LogP contribution in [0.15, 0.2) is 18.2 Å². The number of non-ortho nitro benzene ring substituents is 1. The maximum atomic E-state index is 13.3. The predicted octanol–water partition coefficient (Wildman–Crippen LogP) is 3.40. The normalized spacial score (nSPS) is 23.3. The van der Waals surface area contributed by atoms with Crippen molar-refractivity contribution in [1.29, 1.82) is 0 Å². The number of hydrogen-bond donors (Lipinski definition) is 1. The lowest BCUT2D eigenvalue weighted by molar-refractivity contribution is -0.385. The molecule has 1 aromatic rings. The van der Waals surface area contributed by atoms with Gasteiger partial charge in [-0.3, -0.25) is 10.1 Å². The first-order valence-electron chi connectivity index (χ1n) is 6.73. The second-order valence-corrected chi connectivity index (χ2v) is 5.32. The van der Waals surface area contributed by atoms with Gasteiger partial charge in [0.1, 0.15) is 5.82 Å². The molecular weight excluding hydrogens is 247 g/mol. The van der Waals surface area contributed by atoms with Crippen molar-refractivity contribution >= 4 is 5.69 Å². The summed E-state index contributed by atoms with van der Waals surface area (Å²) in [4.78, 5) is 10.1. The van der Waals surface area contributed by atoms with Crippen LogP contribution >= 0.6 is 0 Å². The zero-order valence-electron chi connectivity index (χ0n) is 11.1. The maximum Gasteiger partial charge on any atom is 0.272 e. The Labute approximate surface area is 112 Å². The molecule has 0 amide bonds. The summed E-state index contributed by atoms with van der Waals surface area (Å²) in [7, 11) is 0. The molecule has 2 unspecified atom stereocenters. The van der Waals surface area contributed by atoms with Gasteiger partial charge in [-0.05, 0) is 30.4 Å². The van der Waals surface area contributed by atoms with Gasteiger partial charge >= 0.3 is 0 Å². The molecule has 0 radical (unpaired) electrons. The highest BCUT2D eigenvalue weighted by atomic mass is 19.1. The fraction of sp³-hybridized carbons (Fsp3) is 0.571. The van der Waals surface area contributed by atoms with E-state index in [0.717, 1.165) is 12.5 Å². The third-order valence-corrected chi connectivity index (χ3v) is 3.83. The van der Waals surface area contributed by atoms with Gasteiger partial charge in [0.15, 0.2) is 0 Å². The Balaban J connectivity index is 2.00. The number of hydrogen-bond acceptors (Lipinski definition) is 3. The predicted molar refractivity (Wildman–Crippen MR) is 71.3 cm³/mol. The summed E-state index contributed by atoms with van der Waals surface area (Å²) < 4.78 is 13.3. The monoisotopic (exact) mass is 266 g/mol. The van der Waals surface area contributed by atoms with E-state index in [2.05, 4.69) is 12.2 Å². The zero-order valence-corrected chi connectivity index (χ0v) is 11.1. The van der Waals surface area contributed by atoms with Crippen molar-refractivity contribution in [2.75, 3.05) is 0 Å². The maximum absolute atomic E-state index is 13.3. The summed E-state index contributed by atoms with van der Waals surface area (Å²) >= 11 is 0. The van der Waals surface area contributed by atoms with Crippen molar-refractivity contribution < 1.29 is 9.31 Å². The first kappa shape index (κ1) is 13.9. The van der Waals surface area contributed by atoms with Gasteiger partial charge in [-0.25, -0.2) is 4.39 Å². The molecule has 0 spiro atoms. The van der Waals surface area contributed by atoms with E-state index >= 15 is 0 Å². The number of nitro benzene ring substituents is 1. The Kier molecular flexibility index (Phi) is 4.47. The number of halogens is 1. The van der Waals surface area contributed by atoms with Crippen molar-refractivity contribution in [3.05, 3.63) is 39.7 Å². The number of nitro groups is 1. The van der Waals surface area contributed by atoms with Gasteiger partial charge in [-0.2, -0.15) is 0 Å². The Bertz CT molecular complexity index is 465. The minimum Gasteiger partial charge on any atom is -0.310 e. The second kappa shape index (κ2) is 6.10. The lowest BCUT2D eigenvalue weighted by Crippen LogP contribution is -2.36. The zero-order chi connectivity index (χ0) is 13.8. The van der Waals surface area contributed by atoms with Crippen LogP contribution in [0.1, 0.15) is 38.2 Å². The minimum absolute atomic E-state index is 0.187. The second-order valence-electron chi connectivity index (χ2n) is 5.32. The van der Waals surface area contributed by atoms with Crippen molar-refractivity contribution in [3.8, 4) is 0 Å². The first-order chi connectivity index (χ1) is 9.06. The summed E-state index contributed by atoms with van der Waals surface area (Å²) in [5.74, 6) is 0.0555. The van der Waals surface area contributed by atoms with E-state index in [1.807, 2.05) is 0 Å². The van der Waals surface area contributed by atoms with E-state index in [0.29, 0.717) is 24.1 Å². The molecule has 0 heterocycles. The highest BCUT2D eigenvalue weighted by Crippen LogP contribution is 2.24. The largest absolute Gasteiger partial charge is 0.310 e. The molecular formula is C14H19FN2O2. The number of benzene rings is 1. The van der Waals surface area contributed by atoms with Gasteiger partial charge < -0.3 is 5.32 Å². The summed E-state index contributed by atoms with van der Waals surface area (Å²) in [6.45, 7) is 2.69. The molecule has 19 heavy (non-hydrogen) atoms. The minimum atomic E-state index is -0.560. The average Bonchev–Trinajstić information content (AvgIpc) is 2.37. The van der Waals surface area contributed by atoms with Crippen LogP contribution < -0.4 is 5.32 Å². The smallest absolute Gasteiger partial charge is 0.272 e. The molecule has 104 valence electrons. The highest BCUT2D eigenvalue weighted by molar-refractivity contribution is 5.35. The third kappa shape index (κ3) is 3.73. The molecule has 2 rings (SSSR count). The molecule has 5 heteroatoms. The molecule has 1 saturated carbocycles. The molecule has 0 bridgehead atoms. The summed E-state index contributed by atoms with van der Waals surface area (Å²) in [6.07, 6.45) is 4.82. The van der Waals surface area contributed by atoms with Crippen LogP contribution in [0, 0.1) is 21.8 Å². The molecule has 1 aliphatic carbocycles. The van der Waals surface area contributed by atoms with Gasteiger partial charge in [0.25, 0.3) is 5.69 Å². The van der Waals surface area contributed by atoms with Crippen molar-refractivity contribution in [3.63, 3.8) is 0 Å². The van der Waals surface area contributed by atoms with E-state index in [4.69, 9.17) is 0 Å². The van der Waals surface area contributed by atoms with Crippen LogP contribution in [0.2, 0.25) is 0 Å². The SMILES string of the molecule is CC1CCCCC1NCc1cc(F)cc([N+](=O)[O-])c1. The van der Waals surface area contributed by atoms with Crippen molar-refractivity contribution in [2.45, 2.75) is 45.2 Å². The van der Waals surface area contributed by atoms with Crippen molar-refractivity contribution in [1.82, 2.24) is 5.32 Å². The number of nitrogens with zero attached hydrogens (tertiary/aromatic N) is 1. The Morgan fingerprint density at radius 3 is 2.79 bits per heavy atom. The van der Waals surface area contributed by atoms with Gasteiger partial charge in [0.05, 0.1) is 11.0 Å². The number of rotatable bonds is 4. The average molecular weight is 266 g/mol. The van der Waals surface area contributed by atoms with Crippen LogP contribution in [0.4, 0.5) is 10.1 Å². The van der Waals surface area contributed by atoms with Crippen LogP contribution in [0.5, 0.6) is 0 Å². The van der Waals surface area contributed by atoms with Gasteiger partial charge in [-0.15, -0.1) is 0 Å². The van der Waals surface area contributed by atoms with E-state index in [1.165, 1.54) is 31.4 Å². The molecule has 0 aliphatic heterocycles. The molecule has 1 aliphatic rings. The van der Waals surface area contributed by atoms with Crippen LogP contribution in [-0.4, -0.2) is 11.0 Å². The topological polar surface area (TPSA) is 55.2 Å². The molecule has 1 aromatic carbocycles. The van der Waals surface area contributed by atoms with E-state index in [9.17, 15) is 14.5 Å². The van der Waals surface area contributed by atoms with Gasteiger partial charge in [0.2, 0.25) is 0 Å². The lowest BCUT2D eigenvalue weighted by atomic mass is 9.86. The molecule has 1 N–H and O–H groups in total. The van der Waals surface area contributed by atoms with Crippen LogP contribution in [0.25, 0.3) is 0 Å². The summed E-state index contributed by atoms with van der Waals surface area (Å²) in [5.41, 5.74) is 0.443. The Morgan fingerprint density at radius 1 is 1.37 bits per heavy atom. The molecule has 4 nitrogen and oxygen atoms in total. The fourth-order valence-electron chi connectivity index (χ4n) is 2.71. The van der Waals surface area contributed by atoms with E-state index in [-0.39, 0.29) is 5.69 Å². The highest BCUT2D eigenvalue weighted by Gasteiger charge is 2.20. The molecule has 1 fully saturated rings. The fourth-order valence-corrected chi connectivity index (χ4v) is 2.71. The van der Waals surface area contributed by atoms with E-state index < -0.39 is 10.7 Å². The van der Waals surface area contributed by atoms with Gasteiger partial charge in [-0.1, -0.05) is 19.8 Å². The van der Waals surface area contributed by atoms with Gasteiger partial charge in [0, 0.05) is 18.7 Å². The Morgan fingerprint density at radius 2 is 2.11 bits per heavy atom. The molecule has 2 atom stereocenters. The van der Waals surface area contributed by atoms with Crippen LogP contribution in [-0.2, 0) is 6.54 Å². The molecule has 0 saturated heterocycles. The quantitative estimate of drug-likeness (QED) is 0.671. The van der Waals surface area contributed by atoms with E-state index in [1.54, 1.807) is 0 Å². The first-order valence-corrected chi connectivity index (χ1v) is 6.73. The Hall–Kier alpha value is -1.49. The summed E-state index contributed by atoms with van der Waals surface area (Å²) in [6, 6.07) is 4.17. The van der Waals surface area contributed by atoms with Crippen molar-refractivity contribution in [2.24, 2.45) is 5.92 Å². The number of nitrogens with one attached hydrogen (secondary N) is 1. The molecule has 0 aromatic heterocycles. The third-order valence-electron chi connectivity index (χ3n) is 3.83. The summed E-state index contributed by atoms with van der Waals surface area (Å²) in [5, 5.41) is 14.1. The lowest BCUT2D eigenvalue weighted by Gasteiger charge is -2.29. The standard InChI is InChI=1S/C14H19FN2O2/c1-10-4-2-3-5-14(10)16-9-11-6-12(15)8-13(7-11)17(18)19/h6-8,10,14,16H,2-5,9H2,1H3. The van der Waals surface area contributed by atoms with Crippen LogP contribution in [0.3, 0.4) is 0 Å².